The number of benzene rings is 2. The van der Waals surface area contributed by atoms with Crippen molar-refractivity contribution in [2.24, 2.45) is 11.3 Å². The number of sulfonamides is 1. The lowest BCUT2D eigenvalue weighted by molar-refractivity contribution is -0.183. The maximum Gasteiger partial charge on any atom is 0.317 e. The summed E-state index contributed by atoms with van der Waals surface area (Å²) in [6, 6.07) is 11.6. The van der Waals surface area contributed by atoms with Crippen molar-refractivity contribution >= 4 is 27.5 Å². The van der Waals surface area contributed by atoms with E-state index < -0.39 is 38.7 Å². The van der Waals surface area contributed by atoms with Crippen molar-refractivity contribution in [1.82, 2.24) is 0 Å². The second kappa shape index (κ2) is 9.72. The Labute approximate surface area is 206 Å². The Balaban J connectivity index is 1.50. The Hall–Kier alpha value is -2.74. The molecule has 1 heterocycles. The highest BCUT2D eigenvalue weighted by molar-refractivity contribution is 7.92. The normalized spacial score (nSPS) is 20.8. The summed E-state index contributed by atoms with van der Waals surface area (Å²) in [5.41, 5.74) is 0.0437. The molecule has 1 aliphatic carbocycles. The molecule has 2 aromatic carbocycles. The van der Waals surface area contributed by atoms with E-state index >= 15 is 0 Å². The predicted molar refractivity (Wildman–Crippen MR) is 131 cm³/mol. The molecule has 0 radical (unpaired) electrons. The van der Waals surface area contributed by atoms with E-state index in [9.17, 15) is 22.4 Å². The van der Waals surface area contributed by atoms with Gasteiger partial charge >= 0.3 is 5.97 Å². The number of carbonyl (C=O) groups excluding carboxylic acids is 2. The molecule has 8 heteroatoms. The monoisotopic (exact) mass is 501 g/mol. The fourth-order valence-corrected chi connectivity index (χ4v) is 6.52. The Kier molecular flexibility index (Phi) is 7.04. The molecule has 2 aromatic rings. The lowest BCUT2D eigenvalue weighted by Gasteiger charge is -2.41. The molecular formula is C27H32FNO5S. The molecule has 1 saturated heterocycles. The van der Waals surface area contributed by atoms with E-state index in [4.69, 9.17) is 4.74 Å². The minimum atomic E-state index is -3.88. The highest BCUT2D eigenvalue weighted by atomic mass is 32.2. The first-order chi connectivity index (χ1) is 16.6. The van der Waals surface area contributed by atoms with E-state index in [0.717, 1.165) is 43.4 Å². The van der Waals surface area contributed by atoms with Crippen LogP contribution in [0.25, 0.3) is 0 Å². The Bertz CT molecular complexity index is 1180. The van der Waals surface area contributed by atoms with Gasteiger partial charge in [-0.2, -0.15) is 0 Å². The molecule has 0 bridgehead atoms. The van der Waals surface area contributed by atoms with E-state index in [1.807, 2.05) is 19.9 Å². The van der Waals surface area contributed by atoms with Crippen molar-refractivity contribution in [3.63, 3.8) is 0 Å². The van der Waals surface area contributed by atoms with Gasteiger partial charge in [-0.15, -0.1) is 0 Å². The van der Waals surface area contributed by atoms with Gasteiger partial charge in [0, 0.05) is 12.1 Å². The van der Waals surface area contributed by atoms with Gasteiger partial charge in [-0.1, -0.05) is 38.8 Å². The fourth-order valence-electron chi connectivity index (χ4n) is 5.47. The topological polar surface area (TPSA) is 89.5 Å². The minimum Gasteiger partial charge on any atom is -0.458 e. The van der Waals surface area contributed by atoms with Crippen LogP contribution in [0.3, 0.4) is 0 Å². The number of esters is 1. The third kappa shape index (κ3) is 5.42. The molecule has 188 valence electrons. The predicted octanol–water partition coefficient (Wildman–Crippen LogP) is 5.42. The zero-order valence-corrected chi connectivity index (χ0v) is 21.0. The average molecular weight is 502 g/mol. The molecule has 2 aliphatic rings. The molecule has 35 heavy (non-hydrogen) atoms. The van der Waals surface area contributed by atoms with Gasteiger partial charge in [-0.3, -0.25) is 14.3 Å². The molecule has 2 fully saturated rings. The second-order valence-corrected chi connectivity index (χ2v) is 11.7. The van der Waals surface area contributed by atoms with Crippen LogP contribution in [0.4, 0.5) is 10.1 Å². The summed E-state index contributed by atoms with van der Waals surface area (Å²) in [7, 11) is -3.88. The first-order valence-electron chi connectivity index (χ1n) is 12.2. The van der Waals surface area contributed by atoms with Crippen LogP contribution >= 0.6 is 0 Å². The number of rotatable bonds is 10. The molecule has 1 unspecified atom stereocenters. The zero-order valence-electron chi connectivity index (χ0n) is 20.2. The highest BCUT2D eigenvalue weighted by Crippen LogP contribution is 2.57. The Morgan fingerprint density at radius 1 is 1.03 bits per heavy atom. The number of halogens is 1. The second-order valence-electron chi connectivity index (χ2n) is 9.98. The Morgan fingerprint density at radius 2 is 1.69 bits per heavy atom. The Morgan fingerprint density at radius 3 is 2.26 bits per heavy atom. The van der Waals surface area contributed by atoms with Crippen LogP contribution < -0.4 is 4.72 Å². The summed E-state index contributed by atoms with van der Waals surface area (Å²) in [6.45, 7) is 4.06. The van der Waals surface area contributed by atoms with Gasteiger partial charge in [0.1, 0.15) is 17.3 Å². The third-order valence-electron chi connectivity index (χ3n) is 7.15. The van der Waals surface area contributed by atoms with Crippen LogP contribution in [0.5, 0.6) is 0 Å². The van der Waals surface area contributed by atoms with Crippen LogP contribution in [-0.2, 0) is 30.8 Å². The number of nitrogens with one attached hydrogen (secondary N) is 1. The lowest BCUT2D eigenvalue weighted by Crippen LogP contribution is -2.50. The summed E-state index contributed by atoms with van der Waals surface area (Å²) in [5, 5.41) is 0. The quantitative estimate of drug-likeness (QED) is 0.347. The molecule has 1 N–H and O–H groups in total. The van der Waals surface area contributed by atoms with Gasteiger partial charge in [-0.25, -0.2) is 12.8 Å². The van der Waals surface area contributed by atoms with Crippen molar-refractivity contribution in [3.05, 3.63) is 59.9 Å². The average Bonchev–Trinajstić information content (AvgIpc) is 3.53. The molecule has 6 nitrogen and oxygen atoms in total. The molecule has 1 atom stereocenters. The third-order valence-corrected chi connectivity index (χ3v) is 8.54. The van der Waals surface area contributed by atoms with Crippen LogP contribution in [0.15, 0.2) is 53.4 Å². The number of Topliss-reactive ketones (excluding diaryl/α,β-unsaturated/α-hetero) is 1. The molecule has 0 amide bonds. The van der Waals surface area contributed by atoms with Gasteiger partial charge in [0.25, 0.3) is 10.0 Å². The van der Waals surface area contributed by atoms with Crippen molar-refractivity contribution in [1.29, 1.82) is 0 Å². The van der Waals surface area contributed by atoms with Crippen LogP contribution in [0, 0.1) is 17.2 Å². The van der Waals surface area contributed by atoms with E-state index in [1.54, 1.807) is 18.2 Å². The summed E-state index contributed by atoms with van der Waals surface area (Å²) in [4.78, 5) is 26.3. The van der Waals surface area contributed by atoms with E-state index in [-0.39, 0.29) is 17.1 Å². The zero-order chi connectivity index (χ0) is 25.3. The molecular weight excluding hydrogens is 469 g/mol. The van der Waals surface area contributed by atoms with Gasteiger partial charge in [-0.05, 0) is 79.5 Å². The van der Waals surface area contributed by atoms with Gasteiger partial charge in [0.2, 0.25) is 0 Å². The van der Waals surface area contributed by atoms with Gasteiger partial charge < -0.3 is 4.74 Å². The van der Waals surface area contributed by atoms with E-state index in [1.165, 1.54) is 12.1 Å². The van der Waals surface area contributed by atoms with Crippen molar-refractivity contribution < 1.29 is 27.1 Å². The largest absolute Gasteiger partial charge is 0.458 e. The van der Waals surface area contributed by atoms with Crippen molar-refractivity contribution in [2.75, 3.05) is 4.72 Å². The SMILES string of the molecule is CCCC1(CCC)CC(=O)C(C2(Cc3cccc(NS(=O)(=O)c4ccc(F)cc4)c3)CC2)C(=O)O1. The number of hydrogen-bond acceptors (Lipinski definition) is 5. The number of ether oxygens (including phenoxy) is 1. The molecule has 0 aromatic heterocycles. The maximum atomic E-state index is 13.3. The molecule has 1 aliphatic heterocycles. The van der Waals surface area contributed by atoms with E-state index in [2.05, 4.69) is 4.72 Å². The summed E-state index contributed by atoms with van der Waals surface area (Å²) >= 11 is 0. The van der Waals surface area contributed by atoms with Crippen LogP contribution in [-0.4, -0.2) is 25.8 Å². The first-order valence-corrected chi connectivity index (χ1v) is 13.7. The van der Waals surface area contributed by atoms with Crippen molar-refractivity contribution in [3.8, 4) is 0 Å². The highest BCUT2D eigenvalue weighted by Gasteiger charge is 2.60. The minimum absolute atomic E-state index is 0.0335. The summed E-state index contributed by atoms with van der Waals surface area (Å²) in [6.07, 6.45) is 5.32. The first kappa shape index (κ1) is 25.4. The van der Waals surface area contributed by atoms with Crippen molar-refractivity contribution in [2.45, 2.75) is 75.7 Å². The lowest BCUT2D eigenvalue weighted by atomic mass is 9.74. The standard InChI is InChI=1S/C27H32FNO5S/c1-3-12-27(13-4-2)18-23(30)24(25(31)34-27)26(14-15-26)17-19-6-5-7-21(16-19)29-35(32,33)22-10-8-20(28)9-11-22/h5-11,16,24,29H,3-4,12-15,17-18H2,1-2H3. The number of ketones is 1. The fraction of sp³-hybridized carbons (Fsp3) is 0.481. The number of hydrogen-bond donors (Lipinski definition) is 1. The smallest absolute Gasteiger partial charge is 0.317 e. The number of cyclic esters (lactones) is 1. The molecule has 1 saturated carbocycles. The van der Waals surface area contributed by atoms with Gasteiger partial charge in [0.05, 0.1) is 4.90 Å². The summed E-state index contributed by atoms with van der Waals surface area (Å²) < 4.78 is 47.0. The van der Waals surface area contributed by atoms with Crippen LogP contribution in [0.1, 0.15) is 64.4 Å². The molecule has 0 spiro atoms. The van der Waals surface area contributed by atoms with Gasteiger partial charge in [0.15, 0.2) is 5.78 Å². The maximum absolute atomic E-state index is 13.3. The number of anilines is 1. The molecule has 4 rings (SSSR count). The van der Waals surface area contributed by atoms with E-state index in [0.29, 0.717) is 24.9 Å². The van der Waals surface area contributed by atoms with Crippen LogP contribution in [0.2, 0.25) is 0 Å². The number of carbonyl (C=O) groups is 2. The summed E-state index contributed by atoms with van der Waals surface area (Å²) in [5.74, 6) is -1.73.